The molecule has 0 amide bonds. The fourth-order valence-electron chi connectivity index (χ4n) is 6.78. The summed E-state index contributed by atoms with van der Waals surface area (Å²) in [4.78, 5) is 4.70. The number of anilines is 5. The molecule has 0 spiro atoms. The van der Waals surface area contributed by atoms with E-state index in [1.165, 1.54) is 60.9 Å². The average Bonchev–Trinajstić information content (AvgIpc) is 3.12. The second-order valence-corrected chi connectivity index (χ2v) is 11.8. The molecule has 0 aromatic heterocycles. The van der Waals surface area contributed by atoms with E-state index in [4.69, 9.17) is 0 Å². The zero-order valence-electron chi connectivity index (χ0n) is 25.4. The highest BCUT2D eigenvalue weighted by Gasteiger charge is 2.20. The summed E-state index contributed by atoms with van der Waals surface area (Å²) < 4.78 is 0. The van der Waals surface area contributed by atoms with Crippen molar-refractivity contribution in [2.75, 3.05) is 16.8 Å². The van der Waals surface area contributed by atoms with Crippen LogP contribution < -0.4 is 9.80 Å². The first-order chi connectivity index (χ1) is 22.2. The minimum Gasteiger partial charge on any atom is -0.344 e. The fourth-order valence-corrected chi connectivity index (χ4v) is 6.78. The van der Waals surface area contributed by atoms with Crippen molar-refractivity contribution in [1.29, 1.82) is 0 Å². The van der Waals surface area contributed by atoms with E-state index in [1.54, 1.807) is 0 Å². The molecule has 0 radical (unpaired) electrons. The minimum absolute atomic E-state index is 1.08. The molecule has 0 fully saturated rings. The quantitative estimate of drug-likeness (QED) is 0.194. The lowest BCUT2D eigenvalue weighted by Gasteiger charge is -2.30. The molecule has 0 saturated carbocycles. The standard InChI is InChI=1S/C43H34N2/c1-44(41-20-8-14-33-11-2-5-17-38(33)41)36-27-23-31(24-28-36)32-25-29-37(30-26-32)45(42-21-9-15-34-12-3-6-18-39(34)42)43-22-10-16-35-13-4-7-19-40(35)43/h2-3,5-12,14-30H,4,13H2,1H3. The van der Waals surface area contributed by atoms with Gasteiger partial charge in [-0.3, -0.25) is 0 Å². The maximum absolute atomic E-state index is 2.43. The zero-order chi connectivity index (χ0) is 30.2. The summed E-state index contributed by atoms with van der Waals surface area (Å²) in [6.45, 7) is 0. The molecule has 8 rings (SSSR count). The Balaban J connectivity index is 1.16. The smallest absolute Gasteiger partial charge is 0.0540 e. The number of nitrogens with zero attached hydrogens (tertiary/aromatic N) is 2. The van der Waals surface area contributed by atoms with Crippen LogP contribution in [-0.2, 0) is 6.42 Å². The van der Waals surface area contributed by atoms with Gasteiger partial charge < -0.3 is 9.80 Å². The molecule has 0 saturated heterocycles. The van der Waals surface area contributed by atoms with Crippen LogP contribution in [-0.4, -0.2) is 7.05 Å². The molecule has 7 aromatic carbocycles. The van der Waals surface area contributed by atoms with Gasteiger partial charge in [0.25, 0.3) is 0 Å². The van der Waals surface area contributed by atoms with E-state index in [1.807, 2.05) is 0 Å². The third kappa shape index (κ3) is 4.95. The highest BCUT2D eigenvalue weighted by atomic mass is 15.1. The molecular weight excluding hydrogens is 544 g/mol. The second kappa shape index (κ2) is 11.5. The highest BCUT2D eigenvalue weighted by Crippen LogP contribution is 2.43. The van der Waals surface area contributed by atoms with Gasteiger partial charge in [0, 0.05) is 40.4 Å². The lowest BCUT2D eigenvalue weighted by atomic mass is 9.94. The van der Waals surface area contributed by atoms with E-state index in [2.05, 4.69) is 181 Å². The summed E-state index contributed by atoms with van der Waals surface area (Å²) in [7, 11) is 2.14. The molecule has 0 atom stereocenters. The summed E-state index contributed by atoms with van der Waals surface area (Å²) in [6.07, 6.45) is 6.78. The highest BCUT2D eigenvalue weighted by molar-refractivity contribution is 6.00. The maximum atomic E-state index is 2.43. The lowest BCUT2D eigenvalue weighted by Crippen LogP contribution is -2.13. The van der Waals surface area contributed by atoms with Gasteiger partial charge in [-0.1, -0.05) is 121 Å². The molecule has 0 heterocycles. The molecule has 216 valence electrons. The largest absolute Gasteiger partial charge is 0.344 e. The van der Waals surface area contributed by atoms with Crippen LogP contribution >= 0.6 is 0 Å². The Morgan fingerprint density at radius 2 is 1.00 bits per heavy atom. The number of fused-ring (bicyclic) bond motifs is 3. The van der Waals surface area contributed by atoms with E-state index in [-0.39, 0.29) is 0 Å². The first kappa shape index (κ1) is 27.0. The number of hydrogen-bond acceptors (Lipinski definition) is 2. The van der Waals surface area contributed by atoms with Crippen molar-refractivity contribution in [2.24, 2.45) is 0 Å². The molecule has 0 aliphatic heterocycles. The van der Waals surface area contributed by atoms with Crippen molar-refractivity contribution in [3.63, 3.8) is 0 Å². The van der Waals surface area contributed by atoms with Crippen LogP contribution in [0.3, 0.4) is 0 Å². The van der Waals surface area contributed by atoms with Gasteiger partial charge in [0.2, 0.25) is 0 Å². The van der Waals surface area contributed by atoms with E-state index in [0.717, 1.165) is 24.2 Å². The Morgan fingerprint density at radius 3 is 1.69 bits per heavy atom. The topological polar surface area (TPSA) is 6.48 Å². The zero-order valence-corrected chi connectivity index (χ0v) is 25.4. The second-order valence-electron chi connectivity index (χ2n) is 11.8. The fraction of sp³-hybridized carbons (Fsp3) is 0.0698. The predicted octanol–water partition coefficient (Wildman–Crippen LogP) is 11.9. The van der Waals surface area contributed by atoms with Crippen molar-refractivity contribution in [3.05, 3.63) is 169 Å². The molecule has 7 aromatic rings. The molecule has 0 bridgehead atoms. The molecule has 1 aliphatic carbocycles. The predicted molar refractivity (Wildman–Crippen MR) is 193 cm³/mol. The Bertz CT molecular complexity index is 2160. The van der Waals surface area contributed by atoms with Crippen molar-refractivity contribution < 1.29 is 0 Å². The van der Waals surface area contributed by atoms with Gasteiger partial charge >= 0.3 is 0 Å². The van der Waals surface area contributed by atoms with Crippen LogP contribution in [0, 0.1) is 0 Å². The van der Waals surface area contributed by atoms with Crippen LogP contribution in [0.2, 0.25) is 0 Å². The number of rotatable bonds is 6. The van der Waals surface area contributed by atoms with Crippen LogP contribution in [0.4, 0.5) is 28.4 Å². The summed E-state index contributed by atoms with van der Waals surface area (Å²) >= 11 is 0. The van der Waals surface area contributed by atoms with Gasteiger partial charge in [-0.2, -0.15) is 0 Å². The number of hydrogen-bond donors (Lipinski definition) is 0. The normalized spacial score (nSPS) is 12.3. The number of aryl methyl sites for hydroxylation is 1. The Kier molecular flexibility index (Phi) is 6.88. The van der Waals surface area contributed by atoms with Crippen LogP contribution in [0.5, 0.6) is 0 Å². The van der Waals surface area contributed by atoms with E-state index in [9.17, 15) is 0 Å². The van der Waals surface area contributed by atoms with E-state index < -0.39 is 0 Å². The van der Waals surface area contributed by atoms with Gasteiger partial charge in [0.05, 0.1) is 11.4 Å². The van der Waals surface area contributed by atoms with Crippen LogP contribution in [0.1, 0.15) is 17.5 Å². The molecule has 0 N–H and O–H groups in total. The number of allylic oxidation sites excluding steroid dienone is 1. The number of benzene rings is 7. The molecular formula is C43H34N2. The summed E-state index contributed by atoms with van der Waals surface area (Å²) in [5, 5.41) is 4.99. The van der Waals surface area contributed by atoms with Crippen LogP contribution in [0.15, 0.2) is 158 Å². The first-order valence-electron chi connectivity index (χ1n) is 15.7. The van der Waals surface area contributed by atoms with Crippen molar-refractivity contribution >= 4 is 56.1 Å². The first-order valence-corrected chi connectivity index (χ1v) is 15.7. The Morgan fingerprint density at radius 1 is 0.467 bits per heavy atom. The SMILES string of the molecule is CN(c1ccc(-c2ccc(N(c3cccc4c3C=CCC4)c3cccc4ccccc34)cc2)cc1)c1cccc2ccccc12. The van der Waals surface area contributed by atoms with Gasteiger partial charge in [0.1, 0.15) is 0 Å². The van der Waals surface area contributed by atoms with Crippen molar-refractivity contribution in [1.82, 2.24) is 0 Å². The van der Waals surface area contributed by atoms with E-state index in [0.29, 0.717) is 0 Å². The molecule has 0 unspecified atom stereocenters. The van der Waals surface area contributed by atoms with Crippen molar-refractivity contribution in [2.45, 2.75) is 12.8 Å². The third-order valence-electron chi connectivity index (χ3n) is 9.13. The maximum Gasteiger partial charge on any atom is 0.0540 e. The molecule has 2 heteroatoms. The summed E-state index contributed by atoms with van der Waals surface area (Å²) in [5.74, 6) is 0. The van der Waals surface area contributed by atoms with E-state index >= 15 is 0 Å². The van der Waals surface area contributed by atoms with Gasteiger partial charge in [-0.15, -0.1) is 0 Å². The average molecular weight is 579 g/mol. The summed E-state index contributed by atoms with van der Waals surface area (Å²) in [5.41, 5.74) is 11.0. The third-order valence-corrected chi connectivity index (χ3v) is 9.13. The monoisotopic (exact) mass is 578 g/mol. The van der Waals surface area contributed by atoms with Gasteiger partial charge in [-0.25, -0.2) is 0 Å². The summed E-state index contributed by atoms with van der Waals surface area (Å²) in [6, 6.07) is 55.0. The molecule has 45 heavy (non-hydrogen) atoms. The molecule has 1 aliphatic rings. The lowest BCUT2D eigenvalue weighted by molar-refractivity contribution is 0.984. The Labute approximate surface area is 265 Å². The minimum atomic E-state index is 1.08. The van der Waals surface area contributed by atoms with Crippen LogP contribution in [0.25, 0.3) is 38.7 Å². The van der Waals surface area contributed by atoms with Crippen molar-refractivity contribution in [3.8, 4) is 11.1 Å². The van der Waals surface area contributed by atoms with Gasteiger partial charge in [-0.05, 0) is 82.8 Å². The van der Waals surface area contributed by atoms with Gasteiger partial charge in [0.15, 0.2) is 0 Å². The Hall–Kier alpha value is -5.60. The molecule has 2 nitrogen and oxygen atoms in total.